The number of pyridine rings is 4. The SMILES string of the molecule is Cc1cc(-c2ncc(CNc3nccc(-c4ccc5ncnn5c4)c3F)cc2F)ccn1. The van der Waals surface area contributed by atoms with E-state index in [4.69, 9.17) is 0 Å². The maximum Gasteiger partial charge on any atom is 0.173 e. The van der Waals surface area contributed by atoms with Crippen LogP contribution in [0.2, 0.25) is 0 Å². The molecule has 0 saturated heterocycles. The Morgan fingerprint density at radius 2 is 1.81 bits per heavy atom. The lowest BCUT2D eigenvalue weighted by molar-refractivity contribution is 0.622. The number of rotatable bonds is 5. The smallest absolute Gasteiger partial charge is 0.173 e. The fourth-order valence-electron chi connectivity index (χ4n) is 3.43. The van der Waals surface area contributed by atoms with Gasteiger partial charge in [-0.05, 0) is 48.9 Å². The van der Waals surface area contributed by atoms with Crippen molar-refractivity contribution in [3.05, 3.63) is 90.4 Å². The van der Waals surface area contributed by atoms with Crippen molar-refractivity contribution in [3.8, 4) is 22.4 Å². The molecular formula is C23H17F2N7. The summed E-state index contributed by atoms with van der Waals surface area (Å²) in [5.74, 6) is -0.905. The number of hydrogen-bond acceptors (Lipinski definition) is 6. The van der Waals surface area contributed by atoms with E-state index in [0.29, 0.717) is 27.9 Å². The van der Waals surface area contributed by atoms with Crippen molar-refractivity contribution in [2.24, 2.45) is 0 Å². The molecule has 0 fully saturated rings. The third kappa shape index (κ3) is 3.76. The minimum atomic E-state index is -0.510. The molecule has 0 amide bonds. The zero-order chi connectivity index (χ0) is 22.1. The van der Waals surface area contributed by atoms with E-state index in [1.807, 2.05) is 6.92 Å². The van der Waals surface area contributed by atoms with Gasteiger partial charge in [0.05, 0.1) is 0 Å². The molecule has 0 radical (unpaired) electrons. The van der Waals surface area contributed by atoms with Gasteiger partial charge in [-0.2, -0.15) is 5.10 Å². The predicted molar refractivity (Wildman–Crippen MR) is 116 cm³/mol. The Kier molecular flexibility index (Phi) is 4.98. The molecule has 0 aliphatic rings. The van der Waals surface area contributed by atoms with Crippen molar-refractivity contribution in [2.45, 2.75) is 13.5 Å². The average Bonchev–Trinajstić information content (AvgIpc) is 3.26. The van der Waals surface area contributed by atoms with Crippen LogP contribution >= 0.6 is 0 Å². The van der Waals surface area contributed by atoms with E-state index in [0.717, 1.165) is 5.69 Å². The van der Waals surface area contributed by atoms with Crippen LogP contribution in [0.3, 0.4) is 0 Å². The molecule has 0 bridgehead atoms. The van der Waals surface area contributed by atoms with Crippen LogP contribution in [0.5, 0.6) is 0 Å². The number of nitrogens with one attached hydrogen (secondary N) is 1. The lowest BCUT2D eigenvalue weighted by Gasteiger charge is -2.11. The Morgan fingerprint density at radius 3 is 2.66 bits per heavy atom. The van der Waals surface area contributed by atoms with Crippen LogP contribution in [-0.4, -0.2) is 29.5 Å². The number of nitrogens with zero attached hydrogens (tertiary/aromatic N) is 6. The van der Waals surface area contributed by atoms with Crippen LogP contribution in [0.4, 0.5) is 14.6 Å². The van der Waals surface area contributed by atoms with Crippen LogP contribution in [-0.2, 0) is 6.54 Å². The number of halogens is 2. The molecule has 158 valence electrons. The van der Waals surface area contributed by atoms with E-state index in [-0.39, 0.29) is 18.1 Å². The fourth-order valence-corrected chi connectivity index (χ4v) is 3.43. The summed E-state index contributed by atoms with van der Waals surface area (Å²) in [7, 11) is 0. The van der Waals surface area contributed by atoms with Crippen LogP contribution in [0.1, 0.15) is 11.3 Å². The first-order valence-corrected chi connectivity index (χ1v) is 9.84. The monoisotopic (exact) mass is 429 g/mol. The summed E-state index contributed by atoms with van der Waals surface area (Å²) < 4.78 is 31.3. The highest BCUT2D eigenvalue weighted by Crippen LogP contribution is 2.27. The van der Waals surface area contributed by atoms with E-state index >= 15 is 4.39 Å². The zero-order valence-electron chi connectivity index (χ0n) is 17.0. The van der Waals surface area contributed by atoms with Gasteiger partial charge >= 0.3 is 0 Å². The predicted octanol–water partition coefficient (Wildman–Crippen LogP) is 4.45. The molecule has 0 unspecified atom stereocenters. The van der Waals surface area contributed by atoms with Gasteiger partial charge in [0.25, 0.3) is 0 Å². The van der Waals surface area contributed by atoms with Gasteiger partial charge in [0.1, 0.15) is 17.8 Å². The highest BCUT2D eigenvalue weighted by Gasteiger charge is 2.13. The first-order valence-electron chi connectivity index (χ1n) is 9.84. The minimum absolute atomic E-state index is 0.0652. The zero-order valence-corrected chi connectivity index (χ0v) is 17.0. The summed E-state index contributed by atoms with van der Waals surface area (Å²) in [6.45, 7) is 1.99. The van der Waals surface area contributed by atoms with E-state index < -0.39 is 11.6 Å². The summed E-state index contributed by atoms with van der Waals surface area (Å²) in [4.78, 5) is 16.5. The Hall–Kier alpha value is -4.27. The van der Waals surface area contributed by atoms with E-state index in [2.05, 4.69) is 30.4 Å². The number of aromatic nitrogens is 6. The molecular weight excluding hydrogens is 412 g/mol. The second kappa shape index (κ2) is 8.10. The van der Waals surface area contributed by atoms with Gasteiger partial charge < -0.3 is 5.32 Å². The first kappa shape index (κ1) is 19.7. The van der Waals surface area contributed by atoms with Gasteiger partial charge in [0, 0.05) is 53.7 Å². The fraction of sp³-hybridized carbons (Fsp3) is 0.0870. The van der Waals surface area contributed by atoms with Gasteiger partial charge in [-0.3, -0.25) is 9.97 Å². The van der Waals surface area contributed by atoms with Crippen LogP contribution in [0.25, 0.3) is 28.0 Å². The molecule has 5 rings (SSSR count). The molecule has 5 aromatic heterocycles. The van der Waals surface area contributed by atoms with Gasteiger partial charge in [0.15, 0.2) is 17.3 Å². The van der Waals surface area contributed by atoms with Crippen molar-refractivity contribution in [2.75, 3.05) is 5.32 Å². The minimum Gasteiger partial charge on any atom is -0.363 e. The van der Waals surface area contributed by atoms with Crippen molar-refractivity contribution in [1.82, 2.24) is 29.5 Å². The lowest BCUT2D eigenvalue weighted by Crippen LogP contribution is -2.06. The molecule has 0 aromatic carbocycles. The summed E-state index contributed by atoms with van der Waals surface area (Å²) in [6.07, 6.45) is 7.82. The number of aryl methyl sites for hydroxylation is 1. The molecule has 0 aliphatic carbocycles. The molecule has 0 atom stereocenters. The molecule has 5 heterocycles. The van der Waals surface area contributed by atoms with Crippen LogP contribution in [0, 0.1) is 18.6 Å². The molecule has 0 aliphatic heterocycles. The average molecular weight is 429 g/mol. The van der Waals surface area contributed by atoms with Crippen molar-refractivity contribution < 1.29 is 8.78 Å². The molecule has 1 N–H and O–H groups in total. The number of hydrogen-bond donors (Lipinski definition) is 1. The Morgan fingerprint density at radius 1 is 0.938 bits per heavy atom. The van der Waals surface area contributed by atoms with E-state index in [1.54, 1.807) is 53.4 Å². The highest BCUT2D eigenvalue weighted by molar-refractivity contribution is 5.68. The topological polar surface area (TPSA) is 80.9 Å². The summed E-state index contributed by atoms with van der Waals surface area (Å²) in [5, 5.41) is 7.01. The molecule has 5 aromatic rings. The highest BCUT2D eigenvalue weighted by atomic mass is 19.1. The quantitative estimate of drug-likeness (QED) is 0.445. The van der Waals surface area contributed by atoms with E-state index in [9.17, 15) is 4.39 Å². The van der Waals surface area contributed by atoms with Crippen molar-refractivity contribution >= 4 is 11.5 Å². The van der Waals surface area contributed by atoms with Gasteiger partial charge in [-0.1, -0.05) is 0 Å². The van der Waals surface area contributed by atoms with Crippen LogP contribution in [0.15, 0.2) is 67.5 Å². The third-order valence-electron chi connectivity index (χ3n) is 5.00. The van der Waals surface area contributed by atoms with Gasteiger partial charge in [0.2, 0.25) is 0 Å². The molecule has 0 spiro atoms. The Bertz CT molecular complexity index is 1430. The number of anilines is 1. The molecule has 9 heteroatoms. The van der Waals surface area contributed by atoms with Crippen LogP contribution < -0.4 is 5.32 Å². The normalized spacial score (nSPS) is 11.1. The third-order valence-corrected chi connectivity index (χ3v) is 5.00. The van der Waals surface area contributed by atoms with Crippen molar-refractivity contribution in [3.63, 3.8) is 0 Å². The summed E-state index contributed by atoms with van der Waals surface area (Å²) >= 11 is 0. The lowest BCUT2D eigenvalue weighted by atomic mass is 10.1. The second-order valence-electron chi connectivity index (χ2n) is 7.22. The number of fused-ring (bicyclic) bond motifs is 1. The molecule has 32 heavy (non-hydrogen) atoms. The van der Waals surface area contributed by atoms with Gasteiger partial charge in [-0.25, -0.2) is 23.3 Å². The van der Waals surface area contributed by atoms with Gasteiger partial charge in [-0.15, -0.1) is 0 Å². The Labute approximate surface area is 181 Å². The van der Waals surface area contributed by atoms with E-state index in [1.165, 1.54) is 18.6 Å². The largest absolute Gasteiger partial charge is 0.363 e. The maximum absolute atomic E-state index is 15.1. The standard InChI is InChI=1S/C23H17F2N7/c1-14-8-16(4-6-26-14)22-19(24)9-15(10-28-22)11-29-23-21(25)18(5-7-27-23)17-2-3-20-30-13-31-32(20)12-17/h2-10,12-13H,11H2,1H3,(H,27,29). The Balaban J connectivity index is 1.37. The van der Waals surface area contributed by atoms with Crippen molar-refractivity contribution in [1.29, 1.82) is 0 Å². The second-order valence-corrected chi connectivity index (χ2v) is 7.22. The summed E-state index contributed by atoms with van der Waals surface area (Å²) in [6, 6.07) is 9.97. The first-order chi connectivity index (χ1) is 15.6. The molecule has 0 saturated carbocycles. The maximum atomic E-state index is 15.1. The molecule has 7 nitrogen and oxygen atoms in total. The summed E-state index contributed by atoms with van der Waals surface area (Å²) in [5.41, 5.74) is 3.91.